The lowest BCUT2D eigenvalue weighted by Gasteiger charge is -2.37. The van der Waals surface area contributed by atoms with Crippen molar-refractivity contribution in [3.05, 3.63) is 63.4 Å². The number of carbonyl (C=O) groups is 2. The fourth-order valence-corrected chi connectivity index (χ4v) is 6.88. The summed E-state index contributed by atoms with van der Waals surface area (Å²) in [6.07, 6.45) is 0.575. The van der Waals surface area contributed by atoms with Crippen LogP contribution < -0.4 is 21.3 Å². The highest BCUT2D eigenvalue weighted by molar-refractivity contribution is 6.31. The van der Waals surface area contributed by atoms with Crippen LogP contribution in [0.3, 0.4) is 0 Å². The van der Waals surface area contributed by atoms with E-state index in [4.69, 9.17) is 23.2 Å². The van der Waals surface area contributed by atoms with E-state index < -0.39 is 29.2 Å². The molecule has 2 amide bonds. The second kappa shape index (κ2) is 11.0. The monoisotopic (exact) mass is 575 g/mol. The molecule has 0 aliphatic carbocycles. The Hall–Kier alpha value is -2.23. The maximum atomic E-state index is 15.0. The molecule has 2 aromatic carbocycles. The second-order valence-electron chi connectivity index (χ2n) is 12.0. The van der Waals surface area contributed by atoms with Crippen molar-refractivity contribution in [1.82, 2.24) is 20.9 Å². The second-order valence-corrected chi connectivity index (χ2v) is 12.9. The molecule has 39 heavy (non-hydrogen) atoms. The van der Waals surface area contributed by atoms with Crippen LogP contribution >= 0.6 is 23.2 Å². The molecule has 2 aromatic rings. The van der Waals surface area contributed by atoms with Crippen molar-refractivity contribution in [2.24, 2.45) is 5.41 Å². The SMILES string of the molecule is CC(C)(C)C[C@H]1N[C@@H](C(=O)NCCN2CCNCC2)[C@H](c2cccc(Cl)c2)[C@@]12C(=O)Nc1cc(Cl)c(F)cc12. The molecule has 3 aliphatic heterocycles. The lowest BCUT2D eigenvalue weighted by molar-refractivity contribution is -0.123. The lowest BCUT2D eigenvalue weighted by atomic mass is 9.62. The first kappa shape index (κ1) is 28.3. The van der Waals surface area contributed by atoms with Gasteiger partial charge in [-0.2, -0.15) is 0 Å². The van der Waals surface area contributed by atoms with Crippen LogP contribution in [0.5, 0.6) is 0 Å². The average Bonchev–Trinajstić information content (AvgIpc) is 3.34. The number of nitrogens with zero attached hydrogens (tertiary/aromatic N) is 1. The molecular weight excluding hydrogens is 540 g/mol. The number of amides is 2. The number of fused-ring (bicyclic) bond motifs is 2. The number of benzene rings is 2. The van der Waals surface area contributed by atoms with E-state index in [0.717, 1.165) is 38.3 Å². The maximum Gasteiger partial charge on any atom is 0.237 e. The molecule has 0 bridgehead atoms. The Labute approximate surface area is 239 Å². The highest BCUT2D eigenvalue weighted by Gasteiger charge is 2.65. The van der Waals surface area contributed by atoms with Crippen LogP contribution in [0.2, 0.25) is 10.0 Å². The summed E-state index contributed by atoms with van der Waals surface area (Å²) < 4.78 is 15.0. The first-order valence-electron chi connectivity index (χ1n) is 13.5. The number of hydrogen-bond donors (Lipinski definition) is 4. The Balaban J connectivity index is 1.58. The molecule has 0 saturated carbocycles. The summed E-state index contributed by atoms with van der Waals surface area (Å²) >= 11 is 12.6. The van der Waals surface area contributed by atoms with Crippen molar-refractivity contribution >= 4 is 40.7 Å². The van der Waals surface area contributed by atoms with Crippen LogP contribution in [-0.4, -0.2) is 68.1 Å². The Morgan fingerprint density at radius 1 is 1.18 bits per heavy atom. The van der Waals surface area contributed by atoms with E-state index in [1.54, 1.807) is 12.1 Å². The Morgan fingerprint density at radius 2 is 1.92 bits per heavy atom. The van der Waals surface area contributed by atoms with Gasteiger partial charge in [0.2, 0.25) is 11.8 Å². The molecule has 1 spiro atoms. The Kier molecular flexibility index (Phi) is 7.97. The van der Waals surface area contributed by atoms with Gasteiger partial charge in [-0.1, -0.05) is 56.1 Å². The predicted molar refractivity (Wildman–Crippen MR) is 153 cm³/mol. The minimum Gasteiger partial charge on any atom is -0.353 e. The molecule has 3 heterocycles. The van der Waals surface area contributed by atoms with Crippen LogP contribution in [0.25, 0.3) is 0 Å². The first-order chi connectivity index (χ1) is 18.5. The Bertz CT molecular complexity index is 1260. The number of piperazine rings is 1. The molecule has 10 heteroatoms. The van der Waals surface area contributed by atoms with Crippen LogP contribution in [0.15, 0.2) is 36.4 Å². The van der Waals surface area contributed by atoms with Crippen molar-refractivity contribution in [1.29, 1.82) is 0 Å². The normalized spacial score (nSPS) is 27.0. The number of nitrogens with one attached hydrogen (secondary N) is 4. The minimum absolute atomic E-state index is 0.0639. The lowest BCUT2D eigenvalue weighted by Crippen LogP contribution is -2.49. The van der Waals surface area contributed by atoms with Gasteiger partial charge in [-0.05, 0) is 47.2 Å². The minimum atomic E-state index is -1.25. The van der Waals surface area contributed by atoms with Crippen molar-refractivity contribution < 1.29 is 14.0 Å². The van der Waals surface area contributed by atoms with E-state index in [1.165, 1.54) is 12.1 Å². The van der Waals surface area contributed by atoms with E-state index in [1.807, 2.05) is 12.1 Å². The molecule has 0 radical (unpaired) electrons. The smallest absolute Gasteiger partial charge is 0.237 e. The van der Waals surface area contributed by atoms with Gasteiger partial charge in [0.15, 0.2) is 0 Å². The van der Waals surface area contributed by atoms with E-state index in [-0.39, 0.29) is 22.3 Å². The molecule has 4 atom stereocenters. The van der Waals surface area contributed by atoms with Crippen LogP contribution in [0, 0.1) is 11.2 Å². The molecule has 3 aliphatic rings. The van der Waals surface area contributed by atoms with Crippen molar-refractivity contribution in [3.8, 4) is 0 Å². The van der Waals surface area contributed by atoms with Crippen LogP contribution in [-0.2, 0) is 15.0 Å². The highest BCUT2D eigenvalue weighted by atomic mass is 35.5. The third kappa shape index (κ3) is 5.42. The zero-order valence-corrected chi connectivity index (χ0v) is 24.1. The molecule has 0 unspecified atom stereocenters. The van der Waals surface area contributed by atoms with Gasteiger partial charge in [0.05, 0.1) is 11.1 Å². The topological polar surface area (TPSA) is 85.5 Å². The summed E-state index contributed by atoms with van der Waals surface area (Å²) in [4.78, 5) is 30.3. The first-order valence-corrected chi connectivity index (χ1v) is 14.3. The molecular formula is C29H36Cl2FN5O2. The fraction of sp³-hybridized carbons (Fsp3) is 0.517. The third-order valence-electron chi connectivity index (χ3n) is 8.13. The standard InChI is InChI=1S/C29H36Cl2FN5O2/c1-28(2,3)16-23-29(19-14-21(32)20(31)15-22(19)35-27(29)39)24(17-5-4-6-18(30)13-17)25(36-23)26(38)34-9-12-37-10-7-33-8-11-37/h4-6,13-15,23-25,33,36H,7-12,16H2,1-3H3,(H,34,38)(H,35,39)/t23-,24+,25-,29+/m1/s1. The van der Waals surface area contributed by atoms with Gasteiger partial charge >= 0.3 is 0 Å². The van der Waals surface area contributed by atoms with Crippen molar-refractivity contribution in [3.63, 3.8) is 0 Å². The van der Waals surface area contributed by atoms with Gasteiger partial charge in [0, 0.05) is 61.9 Å². The molecule has 4 N–H and O–H groups in total. The summed E-state index contributed by atoms with van der Waals surface area (Å²) in [6.45, 7) is 11.2. The highest BCUT2D eigenvalue weighted by Crippen LogP contribution is 2.57. The maximum absolute atomic E-state index is 15.0. The quantitative estimate of drug-likeness (QED) is 0.420. The van der Waals surface area contributed by atoms with Crippen molar-refractivity contribution in [2.45, 2.75) is 50.6 Å². The summed E-state index contributed by atoms with van der Waals surface area (Å²) in [5, 5.41) is 13.4. The van der Waals surface area contributed by atoms with Crippen molar-refractivity contribution in [2.75, 3.05) is 44.6 Å². The third-order valence-corrected chi connectivity index (χ3v) is 8.65. The number of anilines is 1. The Morgan fingerprint density at radius 3 is 2.62 bits per heavy atom. The van der Waals surface area contributed by atoms with E-state index >= 15 is 0 Å². The van der Waals surface area contributed by atoms with E-state index in [9.17, 15) is 14.0 Å². The molecule has 210 valence electrons. The summed E-state index contributed by atoms with van der Waals surface area (Å²) in [6, 6.07) is 8.89. The fourth-order valence-electron chi connectivity index (χ4n) is 6.52. The van der Waals surface area contributed by atoms with Crippen LogP contribution in [0.4, 0.5) is 10.1 Å². The number of rotatable bonds is 6. The molecule has 7 nitrogen and oxygen atoms in total. The average molecular weight is 577 g/mol. The summed E-state index contributed by atoms with van der Waals surface area (Å²) in [7, 11) is 0. The largest absolute Gasteiger partial charge is 0.353 e. The zero-order chi connectivity index (χ0) is 27.9. The van der Waals surface area contributed by atoms with E-state index in [0.29, 0.717) is 29.2 Å². The van der Waals surface area contributed by atoms with Crippen LogP contribution in [0.1, 0.15) is 44.2 Å². The van der Waals surface area contributed by atoms with Gasteiger partial charge < -0.3 is 21.3 Å². The predicted octanol–water partition coefficient (Wildman–Crippen LogP) is 3.90. The summed E-state index contributed by atoms with van der Waals surface area (Å²) in [5.41, 5.74) is 0.285. The van der Waals surface area contributed by atoms with E-state index in [2.05, 4.69) is 46.9 Å². The summed E-state index contributed by atoms with van der Waals surface area (Å²) in [5.74, 6) is -1.71. The van der Waals surface area contributed by atoms with Gasteiger partial charge in [0.1, 0.15) is 11.2 Å². The number of hydrogen-bond acceptors (Lipinski definition) is 5. The molecule has 2 fully saturated rings. The zero-order valence-electron chi connectivity index (χ0n) is 22.5. The number of halogens is 3. The van der Waals surface area contributed by atoms with Gasteiger partial charge in [-0.3, -0.25) is 14.5 Å². The van der Waals surface area contributed by atoms with Gasteiger partial charge in [-0.15, -0.1) is 0 Å². The van der Waals surface area contributed by atoms with Gasteiger partial charge in [-0.25, -0.2) is 4.39 Å². The van der Waals surface area contributed by atoms with Gasteiger partial charge in [0.25, 0.3) is 0 Å². The molecule has 0 aromatic heterocycles. The molecule has 5 rings (SSSR count). The molecule has 2 saturated heterocycles. The number of carbonyl (C=O) groups excluding carboxylic acids is 2.